The highest BCUT2D eigenvalue weighted by molar-refractivity contribution is 5.37. The van der Waals surface area contributed by atoms with Crippen molar-refractivity contribution in [3.8, 4) is 5.75 Å². The van der Waals surface area contributed by atoms with E-state index in [1.807, 2.05) is 0 Å². The zero-order valence-corrected chi connectivity index (χ0v) is 7.60. The molecule has 0 amide bonds. The molecule has 0 bridgehead atoms. The number of hydrogen-bond donors (Lipinski definition) is 0. The molecule has 1 nitrogen and oxygen atoms in total. The number of alkyl halides is 1. The first kappa shape index (κ1) is 9.96. The Labute approximate surface area is 76.3 Å². The van der Waals surface area contributed by atoms with Crippen LogP contribution in [0.2, 0.25) is 0 Å². The molecule has 0 aliphatic rings. The highest BCUT2D eigenvalue weighted by atomic mass is 19.1. The van der Waals surface area contributed by atoms with E-state index in [0.29, 0.717) is 11.7 Å². The van der Waals surface area contributed by atoms with Gasteiger partial charge in [-0.3, -0.25) is 4.39 Å². The lowest BCUT2D eigenvalue weighted by atomic mass is 10.0. The Morgan fingerprint density at radius 1 is 1.46 bits per heavy atom. The van der Waals surface area contributed by atoms with E-state index in [0.717, 1.165) is 0 Å². The van der Waals surface area contributed by atoms with Crippen LogP contribution in [0.3, 0.4) is 0 Å². The Hall–Kier alpha value is -1.12. The number of benzene rings is 1. The second-order valence-electron chi connectivity index (χ2n) is 2.76. The third-order valence-corrected chi connectivity index (χ3v) is 1.83. The van der Waals surface area contributed by atoms with Gasteiger partial charge in [-0.25, -0.2) is 4.39 Å². The molecular weight excluding hydrogens is 174 g/mol. The van der Waals surface area contributed by atoms with Crippen molar-refractivity contribution in [1.29, 1.82) is 0 Å². The molecule has 0 atom stereocenters. The van der Waals surface area contributed by atoms with Gasteiger partial charge in [-0.05, 0) is 18.2 Å². The van der Waals surface area contributed by atoms with Crippen LogP contribution < -0.4 is 4.74 Å². The van der Waals surface area contributed by atoms with Crippen molar-refractivity contribution < 1.29 is 13.5 Å². The van der Waals surface area contributed by atoms with Gasteiger partial charge in [0.1, 0.15) is 11.6 Å². The summed E-state index contributed by atoms with van der Waals surface area (Å²) in [6.45, 7) is 0.905. The quantitative estimate of drug-likeness (QED) is 0.703. The van der Waals surface area contributed by atoms with E-state index in [2.05, 4.69) is 0 Å². The van der Waals surface area contributed by atoms with E-state index < -0.39 is 12.5 Å². The standard InChI is InChI=1S/C10H11F2O/c1-7(6-11)9-5-8(13-2)3-4-10(9)12/h3-5H,6H2,1-2H3. The van der Waals surface area contributed by atoms with Gasteiger partial charge < -0.3 is 4.74 Å². The largest absolute Gasteiger partial charge is 0.497 e. The molecule has 0 aliphatic heterocycles. The molecule has 1 aromatic carbocycles. The van der Waals surface area contributed by atoms with Crippen molar-refractivity contribution in [2.24, 2.45) is 0 Å². The van der Waals surface area contributed by atoms with Gasteiger partial charge in [-0.2, -0.15) is 0 Å². The lowest BCUT2D eigenvalue weighted by Crippen LogP contribution is -2.00. The number of ether oxygens (including phenoxy) is 1. The molecule has 0 saturated carbocycles. The first-order chi connectivity index (χ1) is 6.19. The summed E-state index contributed by atoms with van der Waals surface area (Å²) in [5, 5.41) is 0. The van der Waals surface area contributed by atoms with E-state index in [-0.39, 0.29) is 5.56 Å². The monoisotopic (exact) mass is 185 g/mol. The average Bonchev–Trinajstić information content (AvgIpc) is 2.17. The summed E-state index contributed by atoms with van der Waals surface area (Å²) in [7, 11) is 1.49. The maximum Gasteiger partial charge on any atom is 0.127 e. The minimum Gasteiger partial charge on any atom is -0.497 e. The van der Waals surface area contributed by atoms with Gasteiger partial charge in [0.05, 0.1) is 13.8 Å². The Kier molecular flexibility index (Phi) is 3.23. The predicted molar refractivity (Wildman–Crippen MR) is 46.9 cm³/mol. The Bertz CT molecular complexity index is 286. The summed E-state index contributed by atoms with van der Waals surface area (Å²) in [4.78, 5) is 0. The van der Waals surface area contributed by atoms with Gasteiger partial charge in [0.25, 0.3) is 0 Å². The summed E-state index contributed by atoms with van der Waals surface area (Å²) in [5.41, 5.74) is 0.279. The first-order valence-electron chi connectivity index (χ1n) is 3.91. The topological polar surface area (TPSA) is 9.23 Å². The Morgan fingerprint density at radius 3 is 2.69 bits per heavy atom. The zero-order valence-electron chi connectivity index (χ0n) is 7.60. The summed E-state index contributed by atoms with van der Waals surface area (Å²) in [5.74, 6) is 0.483. The third-order valence-electron chi connectivity index (χ3n) is 1.83. The number of methoxy groups -OCH3 is 1. The molecule has 3 heteroatoms. The van der Waals surface area contributed by atoms with E-state index in [1.54, 1.807) is 6.92 Å². The molecule has 1 aromatic rings. The Morgan fingerprint density at radius 2 is 2.15 bits per heavy atom. The molecule has 0 unspecified atom stereocenters. The highest BCUT2D eigenvalue weighted by Gasteiger charge is 2.12. The maximum absolute atomic E-state index is 13.1. The van der Waals surface area contributed by atoms with E-state index in [4.69, 9.17) is 4.74 Å². The lowest BCUT2D eigenvalue weighted by molar-refractivity contribution is 0.412. The molecule has 0 saturated heterocycles. The molecule has 1 rings (SSSR count). The molecule has 13 heavy (non-hydrogen) atoms. The van der Waals surface area contributed by atoms with Crippen molar-refractivity contribution in [3.05, 3.63) is 35.5 Å². The van der Waals surface area contributed by atoms with E-state index >= 15 is 0 Å². The van der Waals surface area contributed by atoms with Gasteiger partial charge in [-0.15, -0.1) is 0 Å². The molecular formula is C10H11F2O. The fraction of sp³-hybridized carbons (Fsp3) is 0.300. The van der Waals surface area contributed by atoms with E-state index in [9.17, 15) is 8.78 Å². The minimum atomic E-state index is -0.649. The van der Waals surface area contributed by atoms with Crippen LogP contribution in [-0.4, -0.2) is 13.8 Å². The molecule has 0 aromatic heterocycles. The summed E-state index contributed by atoms with van der Waals surface area (Å²) < 4.78 is 30.2. The van der Waals surface area contributed by atoms with Crippen LogP contribution in [0.15, 0.2) is 18.2 Å². The number of hydrogen-bond acceptors (Lipinski definition) is 1. The molecule has 0 aliphatic carbocycles. The fourth-order valence-corrected chi connectivity index (χ4v) is 1.03. The maximum atomic E-state index is 13.1. The molecule has 71 valence electrons. The third kappa shape index (κ3) is 2.17. The second kappa shape index (κ2) is 4.21. The van der Waals surface area contributed by atoms with Crippen LogP contribution in [0.4, 0.5) is 8.78 Å². The number of rotatable bonds is 3. The zero-order chi connectivity index (χ0) is 9.84. The van der Waals surface area contributed by atoms with Crippen LogP contribution in [0.25, 0.3) is 0 Å². The van der Waals surface area contributed by atoms with Crippen molar-refractivity contribution in [3.63, 3.8) is 0 Å². The molecule has 0 heterocycles. The van der Waals surface area contributed by atoms with Gasteiger partial charge in [0, 0.05) is 11.5 Å². The smallest absolute Gasteiger partial charge is 0.127 e. The van der Waals surface area contributed by atoms with Crippen LogP contribution in [0.5, 0.6) is 5.75 Å². The molecule has 1 radical (unpaired) electrons. The summed E-state index contributed by atoms with van der Waals surface area (Å²) in [6, 6.07) is 4.27. The van der Waals surface area contributed by atoms with Crippen LogP contribution in [-0.2, 0) is 0 Å². The van der Waals surface area contributed by atoms with Crippen LogP contribution >= 0.6 is 0 Å². The van der Waals surface area contributed by atoms with Gasteiger partial charge in [0.2, 0.25) is 0 Å². The van der Waals surface area contributed by atoms with E-state index in [1.165, 1.54) is 25.3 Å². The van der Waals surface area contributed by atoms with Crippen LogP contribution in [0.1, 0.15) is 12.5 Å². The van der Waals surface area contributed by atoms with Gasteiger partial charge >= 0.3 is 0 Å². The molecule has 0 spiro atoms. The second-order valence-corrected chi connectivity index (χ2v) is 2.76. The fourth-order valence-electron chi connectivity index (χ4n) is 1.03. The van der Waals surface area contributed by atoms with Gasteiger partial charge in [0.15, 0.2) is 0 Å². The van der Waals surface area contributed by atoms with Crippen molar-refractivity contribution in [1.82, 2.24) is 0 Å². The van der Waals surface area contributed by atoms with Crippen molar-refractivity contribution >= 4 is 0 Å². The summed E-state index contributed by atoms with van der Waals surface area (Å²) in [6.07, 6.45) is 0. The lowest BCUT2D eigenvalue weighted by Gasteiger charge is -2.09. The number of halogens is 2. The molecule has 0 N–H and O–H groups in total. The normalized spacial score (nSPS) is 10.5. The predicted octanol–water partition coefficient (Wildman–Crippen LogP) is 2.75. The van der Waals surface area contributed by atoms with Crippen molar-refractivity contribution in [2.45, 2.75) is 6.92 Å². The first-order valence-corrected chi connectivity index (χ1v) is 3.91. The molecule has 0 fully saturated rings. The Balaban J connectivity index is 3.03. The minimum absolute atomic E-state index is 0.279. The van der Waals surface area contributed by atoms with Crippen LogP contribution in [0, 0.1) is 11.7 Å². The summed E-state index contributed by atoms with van der Waals surface area (Å²) >= 11 is 0. The van der Waals surface area contributed by atoms with Gasteiger partial charge in [-0.1, -0.05) is 6.92 Å². The average molecular weight is 185 g/mol. The van der Waals surface area contributed by atoms with Crippen molar-refractivity contribution in [2.75, 3.05) is 13.8 Å². The SMILES string of the molecule is COc1ccc(F)c([C](C)CF)c1. The highest BCUT2D eigenvalue weighted by Crippen LogP contribution is 2.23.